The van der Waals surface area contributed by atoms with Gasteiger partial charge in [-0.3, -0.25) is 4.79 Å². The molecular weight excluding hydrogens is 384 g/mol. The molecule has 3 N–H and O–H groups in total. The number of carbonyl (C=O) groups is 3. The van der Waals surface area contributed by atoms with Crippen molar-refractivity contribution < 1.29 is 19.1 Å². The minimum atomic E-state index is -0.619. The van der Waals surface area contributed by atoms with Gasteiger partial charge in [0.2, 0.25) is 0 Å². The van der Waals surface area contributed by atoms with Gasteiger partial charge in [0.05, 0.1) is 18.1 Å². The van der Waals surface area contributed by atoms with E-state index in [0.717, 1.165) is 11.1 Å². The van der Waals surface area contributed by atoms with Gasteiger partial charge in [0, 0.05) is 18.3 Å². The largest absolute Gasteiger partial charge is 0.452 e. The molecule has 0 aliphatic rings. The topological polar surface area (TPSA) is 120 Å². The van der Waals surface area contributed by atoms with E-state index in [1.54, 1.807) is 48.5 Å². The monoisotopic (exact) mass is 408 g/mol. The van der Waals surface area contributed by atoms with Gasteiger partial charge in [-0.2, -0.15) is 5.26 Å². The van der Waals surface area contributed by atoms with Gasteiger partial charge < -0.3 is 20.7 Å². The fourth-order valence-electron chi connectivity index (χ4n) is 2.46. The third kappa shape index (κ3) is 7.64. The summed E-state index contributed by atoms with van der Waals surface area (Å²) in [7, 11) is 0. The van der Waals surface area contributed by atoms with E-state index in [-0.39, 0.29) is 12.1 Å². The zero-order valence-electron chi connectivity index (χ0n) is 16.9. The van der Waals surface area contributed by atoms with E-state index in [1.807, 2.05) is 19.9 Å². The lowest BCUT2D eigenvalue weighted by Gasteiger charge is -2.10. The Bertz CT molecular complexity index is 916. The Labute approximate surface area is 175 Å². The van der Waals surface area contributed by atoms with Crippen molar-refractivity contribution in [2.45, 2.75) is 32.9 Å². The molecule has 0 fully saturated rings. The normalized spacial score (nSPS) is 10.1. The number of nitrogens with one attached hydrogen (secondary N) is 3. The third-order valence-corrected chi connectivity index (χ3v) is 3.92. The average Bonchev–Trinajstić information content (AvgIpc) is 2.72. The van der Waals surface area contributed by atoms with Crippen LogP contribution in [0, 0.1) is 11.3 Å². The molecule has 0 atom stereocenters. The third-order valence-electron chi connectivity index (χ3n) is 3.92. The van der Waals surface area contributed by atoms with Crippen LogP contribution in [0.5, 0.6) is 0 Å². The summed E-state index contributed by atoms with van der Waals surface area (Å²) in [6.45, 7) is 3.64. The predicted octanol–water partition coefficient (Wildman–Crippen LogP) is 2.76. The number of anilines is 1. The van der Waals surface area contributed by atoms with Gasteiger partial charge in [0.1, 0.15) is 0 Å². The SMILES string of the molecule is CC(C)NC(=O)NCc1ccc(C(=O)OCC(=O)Nc2ccc(CC#N)cc2)cc1. The number of urea groups is 1. The molecule has 0 radical (unpaired) electrons. The zero-order chi connectivity index (χ0) is 21.9. The number of nitrogens with zero attached hydrogens (tertiary/aromatic N) is 1. The van der Waals surface area contributed by atoms with E-state index >= 15 is 0 Å². The molecule has 30 heavy (non-hydrogen) atoms. The molecule has 0 aliphatic carbocycles. The summed E-state index contributed by atoms with van der Waals surface area (Å²) in [5.41, 5.74) is 2.53. The summed E-state index contributed by atoms with van der Waals surface area (Å²) in [4.78, 5) is 35.6. The molecule has 3 amide bonds. The van der Waals surface area contributed by atoms with Crippen molar-refractivity contribution in [2.75, 3.05) is 11.9 Å². The Kier molecular flexibility index (Phi) is 8.39. The van der Waals surface area contributed by atoms with Gasteiger partial charge in [-0.1, -0.05) is 24.3 Å². The Morgan fingerprint density at radius 2 is 1.63 bits per heavy atom. The second kappa shape index (κ2) is 11.2. The molecule has 8 nitrogen and oxygen atoms in total. The Balaban J connectivity index is 1.78. The van der Waals surface area contributed by atoms with E-state index in [0.29, 0.717) is 24.2 Å². The van der Waals surface area contributed by atoms with Gasteiger partial charge in [0.15, 0.2) is 6.61 Å². The highest BCUT2D eigenvalue weighted by Crippen LogP contribution is 2.10. The Morgan fingerprint density at radius 1 is 1.00 bits per heavy atom. The molecule has 0 heterocycles. The fraction of sp³-hybridized carbons (Fsp3) is 0.273. The van der Waals surface area contributed by atoms with Crippen LogP contribution in [0.1, 0.15) is 35.3 Å². The first-order chi connectivity index (χ1) is 14.4. The summed E-state index contributed by atoms with van der Waals surface area (Å²) >= 11 is 0. The number of amides is 3. The molecule has 8 heteroatoms. The van der Waals surface area contributed by atoms with Crippen molar-refractivity contribution in [3.63, 3.8) is 0 Å². The summed E-state index contributed by atoms with van der Waals surface area (Å²) in [5, 5.41) is 16.7. The minimum Gasteiger partial charge on any atom is -0.452 e. The highest BCUT2D eigenvalue weighted by atomic mass is 16.5. The number of hydrogen-bond donors (Lipinski definition) is 3. The maximum Gasteiger partial charge on any atom is 0.338 e. The lowest BCUT2D eigenvalue weighted by molar-refractivity contribution is -0.119. The molecule has 2 aromatic carbocycles. The van der Waals surface area contributed by atoms with Gasteiger partial charge in [-0.05, 0) is 49.2 Å². The molecular formula is C22H24N4O4. The van der Waals surface area contributed by atoms with Crippen LogP contribution in [0.3, 0.4) is 0 Å². The second-order valence-corrected chi connectivity index (χ2v) is 6.83. The predicted molar refractivity (Wildman–Crippen MR) is 112 cm³/mol. The standard InChI is InChI=1S/C22H24N4O4/c1-15(2)25-22(29)24-13-17-3-7-18(8-4-17)21(28)30-14-20(27)26-19-9-5-16(6-10-19)11-12-23/h3-10,15H,11,13-14H2,1-2H3,(H,26,27)(H2,24,25,29). The number of nitriles is 1. The lowest BCUT2D eigenvalue weighted by atomic mass is 10.1. The lowest BCUT2D eigenvalue weighted by Crippen LogP contribution is -2.39. The molecule has 0 aromatic heterocycles. The second-order valence-electron chi connectivity index (χ2n) is 6.83. The Hall–Kier alpha value is -3.86. The Morgan fingerprint density at radius 3 is 2.23 bits per heavy atom. The first-order valence-electron chi connectivity index (χ1n) is 9.43. The van der Waals surface area contributed by atoms with Gasteiger partial charge in [-0.25, -0.2) is 9.59 Å². The smallest absolute Gasteiger partial charge is 0.338 e. The summed E-state index contributed by atoms with van der Waals surface area (Å²) < 4.78 is 5.03. The maximum absolute atomic E-state index is 12.1. The summed E-state index contributed by atoms with van der Waals surface area (Å²) in [5.74, 6) is -1.08. The van der Waals surface area contributed by atoms with E-state index in [9.17, 15) is 14.4 Å². The van der Waals surface area contributed by atoms with Crippen molar-refractivity contribution in [3.05, 3.63) is 65.2 Å². The van der Waals surface area contributed by atoms with E-state index in [4.69, 9.17) is 10.00 Å². The number of esters is 1. The van der Waals surface area contributed by atoms with Crippen LogP contribution < -0.4 is 16.0 Å². The fourth-order valence-corrected chi connectivity index (χ4v) is 2.46. The van der Waals surface area contributed by atoms with Gasteiger partial charge in [-0.15, -0.1) is 0 Å². The highest BCUT2D eigenvalue weighted by molar-refractivity contribution is 5.95. The van der Waals surface area contributed by atoms with Crippen LogP contribution in [0.25, 0.3) is 0 Å². The molecule has 0 saturated carbocycles. The van der Waals surface area contributed by atoms with E-state index < -0.39 is 18.5 Å². The molecule has 156 valence electrons. The number of carbonyl (C=O) groups excluding carboxylic acids is 3. The van der Waals surface area contributed by atoms with Crippen LogP contribution in [0.4, 0.5) is 10.5 Å². The molecule has 2 aromatic rings. The maximum atomic E-state index is 12.1. The van der Waals surface area contributed by atoms with Crippen LogP contribution in [0.15, 0.2) is 48.5 Å². The molecule has 0 bridgehead atoms. The molecule has 0 spiro atoms. The van der Waals surface area contributed by atoms with Crippen molar-refractivity contribution in [2.24, 2.45) is 0 Å². The highest BCUT2D eigenvalue weighted by Gasteiger charge is 2.11. The summed E-state index contributed by atoms with van der Waals surface area (Å²) in [6, 6.07) is 15.2. The van der Waals surface area contributed by atoms with E-state index in [1.165, 1.54) is 0 Å². The quantitative estimate of drug-likeness (QED) is 0.580. The summed E-state index contributed by atoms with van der Waals surface area (Å²) in [6.07, 6.45) is 0.297. The van der Waals surface area contributed by atoms with Crippen LogP contribution in [-0.2, 0) is 22.5 Å². The van der Waals surface area contributed by atoms with Crippen molar-refractivity contribution in [1.82, 2.24) is 10.6 Å². The number of benzene rings is 2. The average molecular weight is 408 g/mol. The van der Waals surface area contributed by atoms with Crippen molar-refractivity contribution >= 4 is 23.6 Å². The van der Waals surface area contributed by atoms with Crippen molar-refractivity contribution in [3.8, 4) is 6.07 Å². The van der Waals surface area contributed by atoms with Crippen molar-refractivity contribution in [1.29, 1.82) is 5.26 Å². The molecule has 0 aliphatic heterocycles. The molecule has 0 unspecified atom stereocenters. The van der Waals surface area contributed by atoms with Crippen LogP contribution in [0.2, 0.25) is 0 Å². The number of ether oxygens (including phenoxy) is 1. The van der Waals surface area contributed by atoms with E-state index in [2.05, 4.69) is 16.0 Å². The van der Waals surface area contributed by atoms with Crippen LogP contribution >= 0.6 is 0 Å². The first kappa shape index (κ1) is 22.4. The van der Waals surface area contributed by atoms with Gasteiger partial charge in [0.25, 0.3) is 5.91 Å². The zero-order valence-corrected chi connectivity index (χ0v) is 16.9. The van der Waals surface area contributed by atoms with Crippen LogP contribution in [-0.4, -0.2) is 30.6 Å². The number of rotatable bonds is 8. The molecule has 0 saturated heterocycles. The first-order valence-corrected chi connectivity index (χ1v) is 9.43. The minimum absolute atomic E-state index is 0.0438. The number of hydrogen-bond acceptors (Lipinski definition) is 5. The molecule has 2 rings (SSSR count). The van der Waals surface area contributed by atoms with Gasteiger partial charge >= 0.3 is 12.0 Å².